The van der Waals surface area contributed by atoms with E-state index in [1.165, 1.54) is 11.3 Å². The average Bonchev–Trinajstić information content (AvgIpc) is 2.91. The monoisotopic (exact) mass is 280 g/mol. The molecule has 3 nitrogen and oxygen atoms in total. The van der Waals surface area contributed by atoms with Gasteiger partial charge >= 0.3 is 0 Å². The van der Waals surface area contributed by atoms with Crippen molar-refractivity contribution in [2.75, 3.05) is 11.9 Å². The Balaban J connectivity index is 2.16. The first-order valence-corrected chi connectivity index (χ1v) is 6.67. The van der Waals surface area contributed by atoms with Crippen molar-refractivity contribution in [3.63, 3.8) is 0 Å². The van der Waals surface area contributed by atoms with Crippen molar-refractivity contribution in [1.82, 2.24) is 0 Å². The molecule has 1 aromatic carbocycles. The highest BCUT2D eigenvalue weighted by molar-refractivity contribution is 7.10. The van der Waals surface area contributed by atoms with E-state index >= 15 is 0 Å². The number of halogens is 1. The van der Waals surface area contributed by atoms with E-state index in [1.54, 1.807) is 36.2 Å². The molecule has 2 aromatic rings. The number of rotatable bonds is 3. The van der Waals surface area contributed by atoms with Gasteiger partial charge in [-0.2, -0.15) is 0 Å². The van der Waals surface area contributed by atoms with E-state index in [0.717, 1.165) is 10.6 Å². The van der Waals surface area contributed by atoms with Crippen molar-refractivity contribution in [1.29, 1.82) is 0 Å². The molecule has 0 bridgehead atoms. The fraction of sp³-hybridized carbons (Fsp3) is 0.154. The Morgan fingerprint density at radius 3 is 2.56 bits per heavy atom. The lowest BCUT2D eigenvalue weighted by molar-refractivity contribution is -0.119. The number of hydrogen-bond donors (Lipinski definition) is 1. The van der Waals surface area contributed by atoms with E-state index in [0.29, 0.717) is 5.02 Å². The fourth-order valence-electron chi connectivity index (χ4n) is 1.59. The number of nitrogens with two attached hydrogens (primary N) is 1. The maximum absolute atomic E-state index is 12.2. The van der Waals surface area contributed by atoms with Crippen molar-refractivity contribution in [3.8, 4) is 0 Å². The van der Waals surface area contributed by atoms with E-state index in [9.17, 15) is 4.79 Å². The van der Waals surface area contributed by atoms with Crippen LogP contribution in [0.15, 0.2) is 41.8 Å². The number of amides is 1. The number of thiophene rings is 1. The van der Waals surface area contributed by atoms with Gasteiger partial charge in [0.1, 0.15) is 6.04 Å². The molecule has 94 valence electrons. The molecule has 2 rings (SSSR count). The molecule has 0 saturated carbocycles. The first-order valence-electron chi connectivity index (χ1n) is 5.41. The van der Waals surface area contributed by atoms with Gasteiger partial charge < -0.3 is 10.6 Å². The zero-order valence-electron chi connectivity index (χ0n) is 9.84. The summed E-state index contributed by atoms with van der Waals surface area (Å²) in [5.74, 6) is -0.139. The topological polar surface area (TPSA) is 46.3 Å². The van der Waals surface area contributed by atoms with Gasteiger partial charge in [0.15, 0.2) is 0 Å². The highest BCUT2D eigenvalue weighted by atomic mass is 35.5. The van der Waals surface area contributed by atoms with Crippen LogP contribution in [-0.2, 0) is 4.79 Å². The summed E-state index contributed by atoms with van der Waals surface area (Å²) in [6.07, 6.45) is 0. The average molecular weight is 281 g/mol. The highest BCUT2D eigenvalue weighted by Gasteiger charge is 2.21. The summed E-state index contributed by atoms with van der Waals surface area (Å²) in [4.78, 5) is 14.6. The Labute approximate surface area is 115 Å². The van der Waals surface area contributed by atoms with Gasteiger partial charge in [-0.3, -0.25) is 4.79 Å². The lowest BCUT2D eigenvalue weighted by Gasteiger charge is -2.20. The largest absolute Gasteiger partial charge is 0.316 e. The molecule has 0 aliphatic carbocycles. The Bertz CT molecular complexity index is 524. The van der Waals surface area contributed by atoms with Gasteiger partial charge in [0.05, 0.1) is 0 Å². The molecule has 0 aliphatic heterocycles. The third kappa shape index (κ3) is 2.72. The minimum Gasteiger partial charge on any atom is -0.316 e. The van der Waals surface area contributed by atoms with Crippen LogP contribution in [0, 0.1) is 0 Å². The van der Waals surface area contributed by atoms with Crippen LogP contribution in [0.25, 0.3) is 0 Å². The highest BCUT2D eigenvalue weighted by Crippen LogP contribution is 2.22. The Morgan fingerprint density at radius 2 is 2.00 bits per heavy atom. The summed E-state index contributed by atoms with van der Waals surface area (Å²) >= 11 is 7.29. The van der Waals surface area contributed by atoms with E-state index < -0.39 is 6.04 Å². The van der Waals surface area contributed by atoms with Gasteiger partial charge in [-0.25, -0.2) is 0 Å². The van der Waals surface area contributed by atoms with Gasteiger partial charge in [0, 0.05) is 22.6 Å². The summed E-state index contributed by atoms with van der Waals surface area (Å²) in [5.41, 5.74) is 6.72. The van der Waals surface area contributed by atoms with Crippen LogP contribution in [0.3, 0.4) is 0 Å². The van der Waals surface area contributed by atoms with Gasteiger partial charge in [-0.05, 0) is 35.7 Å². The van der Waals surface area contributed by atoms with Crippen LogP contribution in [0.1, 0.15) is 10.9 Å². The second kappa shape index (κ2) is 5.52. The van der Waals surface area contributed by atoms with Crippen molar-refractivity contribution < 1.29 is 4.79 Å². The normalized spacial score (nSPS) is 12.2. The molecule has 0 spiro atoms. The summed E-state index contributed by atoms with van der Waals surface area (Å²) in [5, 5.41) is 2.55. The number of benzene rings is 1. The molecule has 1 amide bonds. The molecule has 0 radical (unpaired) electrons. The maximum atomic E-state index is 12.2. The Morgan fingerprint density at radius 1 is 1.33 bits per heavy atom. The first-order chi connectivity index (χ1) is 8.59. The number of carbonyl (C=O) groups excluding carboxylic acids is 1. The molecular formula is C13H13ClN2OS. The quantitative estimate of drug-likeness (QED) is 0.939. The minimum atomic E-state index is -0.620. The Hall–Kier alpha value is -1.36. The van der Waals surface area contributed by atoms with Crippen LogP contribution >= 0.6 is 22.9 Å². The first kappa shape index (κ1) is 13.1. The van der Waals surface area contributed by atoms with Crippen LogP contribution in [0.2, 0.25) is 5.02 Å². The van der Waals surface area contributed by atoms with Crippen LogP contribution < -0.4 is 10.6 Å². The van der Waals surface area contributed by atoms with Crippen molar-refractivity contribution in [2.45, 2.75) is 6.04 Å². The van der Waals surface area contributed by atoms with Crippen molar-refractivity contribution >= 4 is 34.5 Å². The van der Waals surface area contributed by atoms with Crippen LogP contribution in [0.4, 0.5) is 5.69 Å². The second-order valence-electron chi connectivity index (χ2n) is 3.87. The molecule has 1 heterocycles. The molecule has 0 saturated heterocycles. The van der Waals surface area contributed by atoms with Crippen LogP contribution in [0.5, 0.6) is 0 Å². The lowest BCUT2D eigenvalue weighted by Crippen LogP contribution is -2.35. The van der Waals surface area contributed by atoms with E-state index in [2.05, 4.69) is 0 Å². The van der Waals surface area contributed by atoms with E-state index in [4.69, 9.17) is 17.3 Å². The van der Waals surface area contributed by atoms with Crippen molar-refractivity contribution in [2.24, 2.45) is 5.73 Å². The van der Waals surface area contributed by atoms with Gasteiger partial charge in [-0.15, -0.1) is 11.3 Å². The minimum absolute atomic E-state index is 0.139. The summed E-state index contributed by atoms with van der Waals surface area (Å²) in [6, 6.07) is 10.2. The molecule has 2 N–H and O–H groups in total. The van der Waals surface area contributed by atoms with E-state index in [1.807, 2.05) is 17.5 Å². The van der Waals surface area contributed by atoms with Crippen molar-refractivity contribution in [3.05, 3.63) is 51.7 Å². The molecule has 0 aliphatic rings. The molecule has 1 unspecified atom stereocenters. The fourth-order valence-corrected chi connectivity index (χ4v) is 2.44. The standard InChI is InChI=1S/C13H13ClN2OS/c1-16(10-6-4-9(14)5-7-10)13(17)12(15)11-3-2-8-18-11/h2-8,12H,15H2,1H3. The summed E-state index contributed by atoms with van der Waals surface area (Å²) in [6.45, 7) is 0. The zero-order chi connectivity index (χ0) is 13.1. The number of nitrogens with zero attached hydrogens (tertiary/aromatic N) is 1. The Kier molecular flexibility index (Phi) is 4.01. The van der Waals surface area contributed by atoms with Gasteiger partial charge in [0.25, 0.3) is 0 Å². The molecule has 18 heavy (non-hydrogen) atoms. The van der Waals surface area contributed by atoms with E-state index in [-0.39, 0.29) is 5.91 Å². The third-order valence-corrected chi connectivity index (χ3v) is 3.87. The SMILES string of the molecule is CN(C(=O)C(N)c1cccs1)c1ccc(Cl)cc1. The number of hydrogen-bond acceptors (Lipinski definition) is 3. The smallest absolute Gasteiger partial charge is 0.249 e. The number of likely N-dealkylation sites (N-methyl/N-ethyl adjacent to an activating group) is 1. The third-order valence-electron chi connectivity index (χ3n) is 2.66. The summed E-state index contributed by atoms with van der Waals surface area (Å²) in [7, 11) is 1.71. The van der Waals surface area contributed by atoms with Crippen LogP contribution in [-0.4, -0.2) is 13.0 Å². The predicted molar refractivity (Wildman–Crippen MR) is 76.1 cm³/mol. The van der Waals surface area contributed by atoms with Gasteiger partial charge in [0.2, 0.25) is 5.91 Å². The molecule has 1 atom stereocenters. The van der Waals surface area contributed by atoms with Gasteiger partial charge in [-0.1, -0.05) is 17.7 Å². The zero-order valence-corrected chi connectivity index (χ0v) is 11.4. The maximum Gasteiger partial charge on any atom is 0.249 e. The molecular weight excluding hydrogens is 268 g/mol. The summed E-state index contributed by atoms with van der Waals surface area (Å²) < 4.78 is 0. The lowest BCUT2D eigenvalue weighted by atomic mass is 10.2. The number of anilines is 1. The predicted octanol–water partition coefficient (Wildman–Crippen LogP) is 3.06. The molecule has 1 aromatic heterocycles. The molecule has 5 heteroatoms. The second-order valence-corrected chi connectivity index (χ2v) is 5.28. The molecule has 0 fully saturated rings. The number of carbonyl (C=O) groups is 1.